The van der Waals surface area contributed by atoms with Crippen molar-refractivity contribution in [2.24, 2.45) is 0 Å². The van der Waals surface area contributed by atoms with Gasteiger partial charge in [-0.15, -0.1) is 11.6 Å². The van der Waals surface area contributed by atoms with Gasteiger partial charge in [-0.2, -0.15) is 0 Å². The van der Waals surface area contributed by atoms with Crippen molar-refractivity contribution in [3.05, 3.63) is 35.1 Å². The minimum atomic E-state index is -0.200. The van der Waals surface area contributed by atoms with Crippen molar-refractivity contribution < 1.29 is 4.39 Å². The van der Waals surface area contributed by atoms with E-state index in [1.165, 1.54) is 6.07 Å². The van der Waals surface area contributed by atoms with E-state index >= 15 is 0 Å². The molecule has 14 heavy (non-hydrogen) atoms. The van der Waals surface area contributed by atoms with Gasteiger partial charge in [0.05, 0.1) is 0 Å². The van der Waals surface area contributed by atoms with E-state index in [0.29, 0.717) is 11.4 Å². The molecule has 0 nitrogen and oxygen atoms in total. The first-order chi connectivity index (χ1) is 6.74. The summed E-state index contributed by atoms with van der Waals surface area (Å²) in [6, 6.07) is 5.02. The molecular formula is C12H12ClF. The van der Waals surface area contributed by atoms with Crippen LogP contribution in [-0.2, 0) is 0 Å². The van der Waals surface area contributed by atoms with E-state index in [4.69, 9.17) is 11.6 Å². The van der Waals surface area contributed by atoms with Crippen LogP contribution in [0.1, 0.15) is 24.0 Å². The van der Waals surface area contributed by atoms with Crippen LogP contribution in [0.15, 0.2) is 18.2 Å². The summed E-state index contributed by atoms with van der Waals surface area (Å²) in [7, 11) is 0. The molecule has 0 aliphatic heterocycles. The zero-order valence-corrected chi connectivity index (χ0v) is 8.87. The number of hydrogen-bond donors (Lipinski definition) is 0. The van der Waals surface area contributed by atoms with Crippen LogP contribution < -0.4 is 0 Å². The molecule has 0 aliphatic rings. The predicted octanol–water partition coefficient (Wildman–Crippen LogP) is 3.50. The Morgan fingerprint density at radius 1 is 1.43 bits per heavy atom. The molecule has 1 aromatic rings. The first-order valence-corrected chi connectivity index (χ1v) is 5.08. The highest BCUT2D eigenvalue weighted by Gasteiger charge is 1.95. The van der Waals surface area contributed by atoms with Crippen molar-refractivity contribution in [3.63, 3.8) is 0 Å². The summed E-state index contributed by atoms with van der Waals surface area (Å²) in [6.07, 6.45) is 1.64. The molecular weight excluding hydrogens is 199 g/mol. The number of unbranched alkanes of at least 4 members (excludes halogenated alkanes) is 1. The van der Waals surface area contributed by atoms with E-state index in [-0.39, 0.29) is 5.82 Å². The van der Waals surface area contributed by atoms with Gasteiger partial charge in [-0.3, -0.25) is 0 Å². The molecule has 0 unspecified atom stereocenters. The molecule has 2 heteroatoms. The fourth-order valence-corrected chi connectivity index (χ4v) is 1.12. The Kier molecular flexibility index (Phi) is 4.49. The second-order valence-electron chi connectivity index (χ2n) is 3.06. The Bertz CT molecular complexity index is 360. The molecule has 0 saturated heterocycles. The largest absolute Gasteiger partial charge is 0.207 e. The van der Waals surface area contributed by atoms with Gasteiger partial charge in [-0.1, -0.05) is 17.9 Å². The third-order valence-electron chi connectivity index (χ3n) is 1.84. The summed E-state index contributed by atoms with van der Waals surface area (Å²) in [5.41, 5.74) is 1.37. The molecule has 0 aliphatic carbocycles. The number of aryl methyl sites for hydroxylation is 1. The molecule has 0 aromatic heterocycles. The minimum absolute atomic E-state index is 0.200. The summed E-state index contributed by atoms with van der Waals surface area (Å²) in [4.78, 5) is 0. The van der Waals surface area contributed by atoms with Crippen molar-refractivity contribution >= 4 is 11.6 Å². The maximum atomic E-state index is 13.1. The number of hydrogen-bond acceptors (Lipinski definition) is 0. The number of halogens is 2. The second-order valence-corrected chi connectivity index (χ2v) is 3.44. The van der Waals surface area contributed by atoms with Gasteiger partial charge in [-0.05, 0) is 31.0 Å². The average molecular weight is 211 g/mol. The van der Waals surface area contributed by atoms with Crippen molar-refractivity contribution in [2.45, 2.75) is 19.8 Å². The predicted molar refractivity (Wildman–Crippen MR) is 58.0 cm³/mol. The Labute approximate surface area is 89.1 Å². The van der Waals surface area contributed by atoms with Crippen LogP contribution in [0, 0.1) is 24.6 Å². The summed E-state index contributed by atoms with van der Waals surface area (Å²) >= 11 is 5.50. The van der Waals surface area contributed by atoms with E-state index in [2.05, 4.69) is 11.8 Å². The molecule has 0 N–H and O–H groups in total. The van der Waals surface area contributed by atoms with Crippen LogP contribution in [0.25, 0.3) is 0 Å². The normalized spacial score (nSPS) is 9.36. The minimum Gasteiger partial charge on any atom is -0.207 e. The molecule has 0 fully saturated rings. The second kappa shape index (κ2) is 5.67. The highest BCUT2D eigenvalue weighted by atomic mass is 35.5. The molecule has 0 atom stereocenters. The van der Waals surface area contributed by atoms with E-state index in [1.54, 1.807) is 13.0 Å². The lowest BCUT2D eigenvalue weighted by molar-refractivity contribution is 0.618. The summed E-state index contributed by atoms with van der Waals surface area (Å²) in [5.74, 6) is 6.27. The SMILES string of the molecule is Cc1ccc(C#CCCCCl)cc1F. The zero-order valence-electron chi connectivity index (χ0n) is 8.11. The zero-order chi connectivity index (χ0) is 10.4. The lowest BCUT2D eigenvalue weighted by Gasteiger charge is -1.95. The molecule has 0 heterocycles. The Balaban J connectivity index is 2.66. The smallest absolute Gasteiger partial charge is 0.127 e. The van der Waals surface area contributed by atoms with Gasteiger partial charge >= 0.3 is 0 Å². The third-order valence-corrected chi connectivity index (χ3v) is 2.11. The van der Waals surface area contributed by atoms with Gasteiger partial charge in [-0.25, -0.2) is 4.39 Å². The van der Waals surface area contributed by atoms with Crippen LogP contribution in [-0.4, -0.2) is 5.88 Å². The topological polar surface area (TPSA) is 0 Å². The standard InChI is InChI=1S/C12H12ClF/c1-10-6-7-11(9-12(10)14)5-3-2-4-8-13/h6-7,9H,2,4,8H2,1H3. The molecule has 0 spiro atoms. The molecule has 0 saturated carbocycles. The van der Waals surface area contributed by atoms with Crippen molar-refractivity contribution in [1.82, 2.24) is 0 Å². The maximum Gasteiger partial charge on any atom is 0.127 e. The number of alkyl halides is 1. The van der Waals surface area contributed by atoms with Crippen LogP contribution >= 0.6 is 11.6 Å². The van der Waals surface area contributed by atoms with E-state index in [9.17, 15) is 4.39 Å². The van der Waals surface area contributed by atoms with Gasteiger partial charge in [0.1, 0.15) is 5.82 Å². The van der Waals surface area contributed by atoms with Gasteiger partial charge < -0.3 is 0 Å². The van der Waals surface area contributed by atoms with E-state index < -0.39 is 0 Å². The Morgan fingerprint density at radius 2 is 2.21 bits per heavy atom. The van der Waals surface area contributed by atoms with Crippen LogP contribution in [0.2, 0.25) is 0 Å². The molecule has 1 rings (SSSR count). The maximum absolute atomic E-state index is 13.1. The van der Waals surface area contributed by atoms with E-state index in [1.807, 2.05) is 6.07 Å². The Morgan fingerprint density at radius 3 is 2.86 bits per heavy atom. The fourth-order valence-electron chi connectivity index (χ4n) is 0.990. The molecule has 74 valence electrons. The number of benzene rings is 1. The summed E-state index contributed by atoms with van der Waals surface area (Å²) in [6.45, 7) is 1.74. The van der Waals surface area contributed by atoms with Crippen molar-refractivity contribution in [2.75, 3.05) is 5.88 Å². The van der Waals surface area contributed by atoms with Crippen LogP contribution in [0.4, 0.5) is 4.39 Å². The molecule has 0 radical (unpaired) electrons. The molecule has 0 amide bonds. The van der Waals surface area contributed by atoms with Gasteiger partial charge in [0.25, 0.3) is 0 Å². The average Bonchev–Trinajstić information content (AvgIpc) is 2.18. The summed E-state index contributed by atoms with van der Waals surface area (Å²) < 4.78 is 13.1. The van der Waals surface area contributed by atoms with Crippen molar-refractivity contribution in [1.29, 1.82) is 0 Å². The summed E-state index contributed by atoms with van der Waals surface area (Å²) in [5, 5.41) is 0. The highest BCUT2D eigenvalue weighted by molar-refractivity contribution is 6.17. The van der Waals surface area contributed by atoms with Gasteiger partial charge in [0.15, 0.2) is 0 Å². The first-order valence-electron chi connectivity index (χ1n) is 4.55. The monoisotopic (exact) mass is 210 g/mol. The first kappa shape index (κ1) is 11.1. The molecule has 0 bridgehead atoms. The van der Waals surface area contributed by atoms with Gasteiger partial charge in [0, 0.05) is 17.9 Å². The third kappa shape index (κ3) is 3.40. The van der Waals surface area contributed by atoms with Crippen LogP contribution in [0.5, 0.6) is 0 Å². The number of rotatable bonds is 2. The lowest BCUT2D eigenvalue weighted by atomic mass is 10.1. The fraction of sp³-hybridized carbons (Fsp3) is 0.333. The Hall–Kier alpha value is -1.00. The van der Waals surface area contributed by atoms with Crippen molar-refractivity contribution in [3.8, 4) is 11.8 Å². The quantitative estimate of drug-likeness (QED) is 0.398. The van der Waals surface area contributed by atoms with Crippen LogP contribution in [0.3, 0.4) is 0 Å². The molecule has 1 aromatic carbocycles. The highest BCUT2D eigenvalue weighted by Crippen LogP contribution is 2.07. The van der Waals surface area contributed by atoms with Gasteiger partial charge in [0.2, 0.25) is 0 Å². The lowest BCUT2D eigenvalue weighted by Crippen LogP contribution is -1.83. The van der Waals surface area contributed by atoms with E-state index in [0.717, 1.165) is 18.4 Å².